The lowest BCUT2D eigenvalue weighted by Gasteiger charge is -2.24. The highest BCUT2D eigenvalue weighted by Gasteiger charge is 2.25. The molecule has 0 spiro atoms. The summed E-state index contributed by atoms with van der Waals surface area (Å²) in [5.74, 6) is -0.156. The molecule has 6 nitrogen and oxygen atoms in total. The monoisotopic (exact) mass is 362 g/mol. The number of carbonyl (C=O) groups excluding carboxylic acids is 1. The van der Waals surface area contributed by atoms with Crippen LogP contribution in [0, 0.1) is 0 Å². The zero-order chi connectivity index (χ0) is 18.6. The Hall–Kier alpha value is -3.15. The molecule has 27 heavy (non-hydrogen) atoms. The van der Waals surface area contributed by atoms with Crippen LogP contribution in [0.4, 0.5) is 0 Å². The number of carbonyl (C=O) groups is 1. The number of pyridine rings is 1. The van der Waals surface area contributed by atoms with E-state index in [0.717, 1.165) is 31.4 Å². The third kappa shape index (κ3) is 3.84. The lowest BCUT2D eigenvalue weighted by molar-refractivity contribution is -0.122. The smallest absolute Gasteiger partial charge is 0.250 e. The normalized spacial score (nSPS) is 15.9. The van der Waals surface area contributed by atoms with Crippen LogP contribution in [0.1, 0.15) is 35.7 Å². The zero-order valence-electron chi connectivity index (χ0n) is 15.0. The van der Waals surface area contributed by atoms with E-state index in [1.165, 1.54) is 21.9 Å². The molecular weight excluding hydrogens is 340 g/mol. The van der Waals surface area contributed by atoms with Gasteiger partial charge in [0.25, 0.3) is 5.56 Å². The number of nitrogens with zero attached hydrogens (tertiary/aromatic N) is 3. The van der Waals surface area contributed by atoms with Gasteiger partial charge in [0.2, 0.25) is 5.91 Å². The highest BCUT2D eigenvalue weighted by Crippen LogP contribution is 2.29. The molecule has 0 bridgehead atoms. The summed E-state index contributed by atoms with van der Waals surface area (Å²) in [6, 6.07) is 15.1. The highest BCUT2D eigenvalue weighted by molar-refractivity contribution is 5.76. The molecule has 3 aromatic rings. The number of amides is 1. The van der Waals surface area contributed by atoms with Crippen molar-refractivity contribution in [2.45, 2.75) is 38.4 Å². The number of hydrogen-bond donors (Lipinski definition) is 1. The second-order valence-corrected chi connectivity index (χ2v) is 6.87. The van der Waals surface area contributed by atoms with Crippen molar-refractivity contribution in [2.75, 3.05) is 0 Å². The average molecular weight is 362 g/mol. The van der Waals surface area contributed by atoms with E-state index in [4.69, 9.17) is 0 Å². The molecule has 2 heterocycles. The van der Waals surface area contributed by atoms with Gasteiger partial charge < -0.3 is 9.88 Å². The SMILES string of the molecule is O=C(Cn1ccccc1=O)NC1CCCc2c1cnn2Cc1ccccc1. The van der Waals surface area contributed by atoms with Crippen LogP contribution in [0.2, 0.25) is 0 Å². The Labute approximate surface area is 157 Å². The van der Waals surface area contributed by atoms with Crippen LogP contribution in [0.25, 0.3) is 0 Å². The predicted octanol–water partition coefficient (Wildman–Crippen LogP) is 2.29. The van der Waals surface area contributed by atoms with Crippen molar-refractivity contribution >= 4 is 5.91 Å². The molecule has 0 fully saturated rings. The van der Waals surface area contributed by atoms with Crippen molar-refractivity contribution in [2.24, 2.45) is 0 Å². The molecule has 1 amide bonds. The molecular formula is C21H22N4O2. The van der Waals surface area contributed by atoms with Crippen LogP contribution >= 0.6 is 0 Å². The Kier molecular flexibility index (Phi) is 4.87. The fraction of sp³-hybridized carbons (Fsp3) is 0.286. The molecule has 1 aliphatic rings. The lowest BCUT2D eigenvalue weighted by Crippen LogP contribution is -2.35. The maximum absolute atomic E-state index is 12.4. The van der Waals surface area contributed by atoms with Gasteiger partial charge in [-0.3, -0.25) is 14.3 Å². The van der Waals surface area contributed by atoms with Crippen LogP contribution in [0.15, 0.2) is 65.7 Å². The van der Waals surface area contributed by atoms with Crippen LogP contribution in [-0.2, 0) is 24.3 Å². The third-order valence-electron chi connectivity index (χ3n) is 4.99. The summed E-state index contributed by atoms with van der Waals surface area (Å²) >= 11 is 0. The Morgan fingerprint density at radius 3 is 2.78 bits per heavy atom. The summed E-state index contributed by atoms with van der Waals surface area (Å²) in [6.45, 7) is 0.764. The molecule has 0 radical (unpaired) electrons. The van der Waals surface area contributed by atoms with Gasteiger partial charge in [-0.25, -0.2) is 0 Å². The van der Waals surface area contributed by atoms with Crippen molar-refractivity contribution in [3.8, 4) is 0 Å². The Morgan fingerprint density at radius 1 is 1.15 bits per heavy atom. The first-order valence-corrected chi connectivity index (χ1v) is 9.24. The first kappa shape index (κ1) is 17.3. The molecule has 6 heteroatoms. The van der Waals surface area contributed by atoms with Gasteiger partial charge in [-0.2, -0.15) is 5.10 Å². The summed E-state index contributed by atoms with van der Waals surface area (Å²) in [5, 5.41) is 7.63. The number of hydrogen-bond acceptors (Lipinski definition) is 3. The average Bonchev–Trinajstić information content (AvgIpc) is 3.08. The molecule has 1 N–H and O–H groups in total. The number of nitrogens with one attached hydrogen (secondary N) is 1. The van der Waals surface area contributed by atoms with E-state index in [9.17, 15) is 9.59 Å². The van der Waals surface area contributed by atoms with Crippen molar-refractivity contribution in [1.29, 1.82) is 0 Å². The summed E-state index contributed by atoms with van der Waals surface area (Å²) in [7, 11) is 0. The van der Waals surface area contributed by atoms with E-state index in [0.29, 0.717) is 0 Å². The first-order valence-electron chi connectivity index (χ1n) is 9.24. The van der Waals surface area contributed by atoms with Gasteiger partial charge in [0, 0.05) is 23.5 Å². The van der Waals surface area contributed by atoms with E-state index < -0.39 is 0 Å². The molecule has 2 aromatic heterocycles. The minimum Gasteiger partial charge on any atom is -0.348 e. The van der Waals surface area contributed by atoms with E-state index in [1.807, 2.05) is 29.1 Å². The van der Waals surface area contributed by atoms with E-state index in [2.05, 4.69) is 22.5 Å². The van der Waals surface area contributed by atoms with Crippen molar-refractivity contribution in [1.82, 2.24) is 19.7 Å². The quantitative estimate of drug-likeness (QED) is 0.757. The second-order valence-electron chi connectivity index (χ2n) is 6.87. The van der Waals surface area contributed by atoms with Crippen molar-refractivity contribution < 1.29 is 4.79 Å². The molecule has 4 rings (SSSR count). The maximum atomic E-state index is 12.4. The highest BCUT2D eigenvalue weighted by atomic mass is 16.2. The molecule has 1 aromatic carbocycles. The van der Waals surface area contributed by atoms with Gasteiger partial charge in [0.05, 0.1) is 18.8 Å². The van der Waals surface area contributed by atoms with Gasteiger partial charge >= 0.3 is 0 Å². The number of benzene rings is 1. The molecule has 1 atom stereocenters. The molecule has 138 valence electrons. The van der Waals surface area contributed by atoms with Gasteiger partial charge in [-0.15, -0.1) is 0 Å². The van der Waals surface area contributed by atoms with E-state index >= 15 is 0 Å². The molecule has 0 aliphatic heterocycles. The molecule has 0 saturated heterocycles. The minimum atomic E-state index is -0.173. The Morgan fingerprint density at radius 2 is 1.96 bits per heavy atom. The maximum Gasteiger partial charge on any atom is 0.250 e. The van der Waals surface area contributed by atoms with Gasteiger partial charge in [-0.05, 0) is 30.9 Å². The van der Waals surface area contributed by atoms with Gasteiger partial charge in [0.1, 0.15) is 6.54 Å². The van der Waals surface area contributed by atoms with Crippen LogP contribution < -0.4 is 10.9 Å². The van der Waals surface area contributed by atoms with E-state index in [1.54, 1.807) is 18.3 Å². The second kappa shape index (κ2) is 7.61. The lowest BCUT2D eigenvalue weighted by atomic mass is 9.93. The molecule has 1 aliphatic carbocycles. The Balaban J connectivity index is 1.48. The zero-order valence-corrected chi connectivity index (χ0v) is 15.0. The third-order valence-corrected chi connectivity index (χ3v) is 4.99. The van der Waals surface area contributed by atoms with Crippen molar-refractivity contribution in [3.63, 3.8) is 0 Å². The fourth-order valence-corrected chi connectivity index (χ4v) is 3.65. The molecule has 1 unspecified atom stereocenters. The predicted molar refractivity (Wildman–Crippen MR) is 102 cm³/mol. The van der Waals surface area contributed by atoms with Crippen LogP contribution in [0.3, 0.4) is 0 Å². The number of aromatic nitrogens is 3. The molecule has 0 saturated carbocycles. The van der Waals surface area contributed by atoms with Crippen molar-refractivity contribution in [3.05, 3.63) is 88.1 Å². The number of rotatable bonds is 5. The summed E-state index contributed by atoms with van der Waals surface area (Å²) in [6.07, 6.45) is 6.36. The standard InChI is InChI=1S/C21H22N4O2/c26-20(15-24-12-5-4-11-21(24)27)23-18-9-6-10-19-17(18)13-22-25(19)14-16-7-2-1-3-8-16/h1-5,7-8,11-13,18H,6,9-10,14-15H2,(H,23,26). The topological polar surface area (TPSA) is 68.9 Å². The summed E-state index contributed by atoms with van der Waals surface area (Å²) in [4.78, 5) is 24.2. The number of fused-ring (bicyclic) bond motifs is 1. The van der Waals surface area contributed by atoms with Crippen LogP contribution in [0.5, 0.6) is 0 Å². The summed E-state index contributed by atoms with van der Waals surface area (Å²) < 4.78 is 3.45. The fourth-order valence-electron chi connectivity index (χ4n) is 3.65. The largest absolute Gasteiger partial charge is 0.348 e. The van der Waals surface area contributed by atoms with E-state index in [-0.39, 0.29) is 24.1 Å². The van der Waals surface area contributed by atoms with Gasteiger partial charge in [-0.1, -0.05) is 36.4 Å². The first-order chi connectivity index (χ1) is 13.2. The van der Waals surface area contributed by atoms with Crippen LogP contribution in [-0.4, -0.2) is 20.3 Å². The Bertz CT molecular complexity index is 991. The summed E-state index contributed by atoms with van der Waals surface area (Å²) in [5.41, 5.74) is 3.31. The minimum absolute atomic E-state index is 0.0314. The van der Waals surface area contributed by atoms with Gasteiger partial charge in [0.15, 0.2) is 0 Å².